The van der Waals surface area contributed by atoms with Crippen molar-refractivity contribution in [1.82, 2.24) is 4.90 Å². The van der Waals surface area contributed by atoms with Crippen molar-refractivity contribution in [2.24, 2.45) is 0 Å². The van der Waals surface area contributed by atoms with Gasteiger partial charge in [0.1, 0.15) is 0 Å². The zero-order chi connectivity index (χ0) is 10.1. The van der Waals surface area contributed by atoms with Gasteiger partial charge in [0.2, 0.25) is 5.91 Å². The summed E-state index contributed by atoms with van der Waals surface area (Å²) in [4.78, 5) is 13.4. The van der Waals surface area contributed by atoms with Crippen molar-refractivity contribution in [2.45, 2.75) is 39.5 Å². The van der Waals surface area contributed by atoms with Crippen LogP contribution in [0.1, 0.15) is 39.5 Å². The molecule has 13 heavy (non-hydrogen) atoms. The molecule has 2 nitrogen and oxygen atoms in total. The molecule has 3 heteroatoms. The maximum Gasteiger partial charge on any atom is 0.222 e. The van der Waals surface area contributed by atoms with Gasteiger partial charge in [0.05, 0.1) is 0 Å². The summed E-state index contributed by atoms with van der Waals surface area (Å²) in [7, 11) is 0. The van der Waals surface area contributed by atoms with E-state index in [9.17, 15) is 4.79 Å². The monoisotopic (exact) mass is 249 g/mol. The molecule has 0 N–H and O–H groups in total. The molecule has 0 spiro atoms. The first-order chi connectivity index (χ1) is 6.26. The average Bonchev–Trinajstić information content (AvgIpc) is 2.14. The largest absolute Gasteiger partial charge is 0.343 e. The van der Waals surface area contributed by atoms with Crippen LogP contribution in [0.2, 0.25) is 0 Å². The van der Waals surface area contributed by atoms with E-state index in [2.05, 4.69) is 15.9 Å². The van der Waals surface area contributed by atoms with Gasteiger partial charge in [-0.3, -0.25) is 4.79 Å². The van der Waals surface area contributed by atoms with Crippen LogP contribution in [-0.4, -0.2) is 29.2 Å². The Hall–Kier alpha value is -0.0500. The molecule has 0 bridgehead atoms. The Kier molecular flexibility index (Phi) is 8.51. The first-order valence-corrected chi connectivity index (χ1v) is 6.22. The molecule has 0 heterocycles. The van der Waals surface area contributed by atoms with Crippen molar-refractivity contribution >= 4 is 21.8 Å². The molecule has 0 unspecified atom stereocenters. The van der Waals surface area contributed by atoms with Gasteiger partial charge < -0.3 is 4.90 Å². The maximum absolute atomic E-state index is 11.5. The highest BCUT2D eigenvalue weighted by Crippen LogP contribution is 2.04. The molecule has 0 saturated heterocycles. The van der Waals surface area contributed by atoms with E-state index < -0.39 is 0 Å². The van der Waals surface area contributed by atoms with Crippen molar-refractivity contribution in [3.63, 3.8) is 0 Å². The zero-order valence-corrected chi connectivity index (χ0v) is 10.3. The molecule has 0 atom stereocenters. The molecule has 0 saturated carbocycles. The number of hydrogen-bond donors (Lipinski definition) is 0. The molecule has 78 valence electrons. The van der Waals surface area contributed by atoms with Gasteiger partial charge in [0.25, 0.3) is 0 Å². The molecular formula is C10H20BrNO. The van der Waals surface area contributed by atoms with Crippen molar-refractivity contribution in [3.8, 4) is 0 Å². The molecule has 0 aromatic heterocycles. The number of hydrogen-bond acceptors (Lipinski definition) is 1. The predicted molar refractivity (Wildman–Crippen MR) is 60.2 cm³/mol. The number of rotatable bonds is 7. The molecule has 1 amide bonds. The first-order valence-electron chi connectivity index (χ1n) is 5.10. The highest BCUT2D eigenvalue weighted by Gasteiger charge is 2.07. The van der Waals surface area contributed by atoms with Crippen LogP contribution in [0.5, 0.6) is 0 Å². The van der Waals surface area contributed by atoms with Crippen LogP contribution in [0.15, 0.2) is 0 Å². The van der Waals surface area contributed by atoms with E-state index >= 15 is 0 Å². The average molecular weight is 250 g/mol. The normalized spacial score (nSPS) is 10.1. The summed E-state index contributed by atoms with van der Waals surface area (Å²) < 4.78 is 0. The molecule has 0 aromatic carbocycles. The Labute approximate surface area is 89.8 Å². The number of carbonyl (C=O) groups is 1. The van der Waals surface area contributed by atoms with Crippen LogP contribution in [0.25, 0.3) is 0 Å². The fraction of sp³-hybridized carbons (Fsp3) is 0.900. The Morgan fingerprint density at radius 1 is 1.15 bits per heavy atom. The van der Waals surface area contributed by atoms with E-state index in [1.807, 2.05) is 18.7 Å². The molecule has 0 aliphatic heterocycles. The summed E-state index contributed by atoms with van der Waals surface area (Å²) in [6.45, 7) is 5.74. The summed E-state index contributed by atoms with van der Waals surface area (Å²) >= 11 is 3.38. The van der Waals surface area contributed by atoms with Gasteiger partial charge in [0, 0.05) is 24.8 Å². The lowest BCUT2D eigenvalue weighted by atomic mass is 10.2. The number of unbranched alkanes of at least 4 members (excludes halogenated alkanes) is 2. The summed E-state index contributed by atoms with van der Waals surface area (Å²) in [5.74, 6) is 0.305. The van der Waals surface area contributed by atoms with E-state index in [4.69, 9.17) is 0 Å². The minimum atomic E-state index is 0.305. The van der Waals surface area contributed by atoms with Crippen LogP contribution < -0.4 is 0 Å². The SMILES string of the molecule is CCN(CC)C(=O)CCCCCBr. The van der Waals surface area contributed by atoms with Crippen molar-refractivity contribution < 1.29 is 4.79 Å². The number of carbonyl (C=O) groups excluding carboxylic acids is 1. The van der Waals surface area contributed by atoms with Gasteiger partial charge >= 0.3 is 0 Å². The zero-order valence-electron chi connectivity index (χ0n) is 8.68. The minimum Gasteiger partial charge on any atom is -0.343 e. The Morgan fingerprint density at radius 3 is 2.23 bits per heavy atom. The van der Waals surface area contributed by atoms with Gasteiger partial charge in [0.15, 0.2) is 0 Å². The second-order valence-corrected chi connectivity index (χ2v) is 3.86. The van der Waals surface area contributed by atoms with Crippen LogP contribution in [-0.2, 0) is 4.79 Å². The van der Waals surface area contributed by atoms with Crippen LogP contribution in [0, 0.1) is 0 Å². The third kappa shape index (κ3) is 6.08. The van der Waals surface area contributed by atoms with Gasteiger partial charge in [-0.1, -0.05) is 22.4 Å². The number of nitrogens with zero attached hydrogens (tertiary/aromatic N) is 1. The maximum atomic E-state index is 11.5. The third-order valence-electron chi connectivity index (χ3n) is 2.14. The highest BCUT2D eigenvalue weighted by atomic mass is 79.9. The molecule has 0 aromatic rings. The Balaban J connectivity index is 3.48. The molecule has 0 aliphatic carbocycles. The fourth-order valence-corrected chi connectivity index (χ4v) is 1.68. The van der Waals surface area contributed by atoms with Crippen molar-refractivity contribution in [2.75, 3.05) is 18.4 Å². The van der Waals surface area contributed by atoms with Crippen molar-refractivity contribution in [1.29, 1.82) is 0 Å². The molecule has 0 fully saturated rings. The van der Waals surface area contributed by atoms with E-state index in [1.54, 1.807) is 0 Å². The van der Waals surface area contributed by atoms with Crippen LogP contribution in [0.3, 0.4) is 0 Å². The van der Waals surface area contributed by atoms with E-state index in [0.29, 0.717) is 12.3 Å². The minimum absolute atomic E-state index is 0.305. The molecule has 0 rings (SSSR count). The van der Waals surface area contributed by atoms with Gasteiger partial charge in [-0.05, 0) is 26.7 Å². The Morgan fingerprint density at radius 2 is 1.77 bits per heavy atom. The van der Waals surface area contributed by atoms with Crippen molar-refractivity contribution in [3.05, 3.63) is 0 Å². The van der Waals surface area contributed by atoms with E-state index in [-0.39, 0.29) is 0 Å². The second kappa shape index (κ2) is 8.54. The summed E-state index contributed by atoms with van der Waals surface area (Å²) in [5.41, 5.74) is 0. The summed E-state index contributed by atoms with van der Waals surface area (Å²) in [6, 6.07) is 0. The second-order valence-electron chi connectivity index (χ2n) is 3.07. The molecular weight excluding hydrogens is 230 g/mol. The molecule has 0 radical (unpaired) electrons. The molecule has 0 aliphatic rings. The lowest BCUT2D eigenvalue weighted by Crippen LogP contribution is -2.30. The quantitative estimate of drug-likeness (QED) is 0.502. The van der Waals surface area contributed by atoms with Gasteiger partial charge in [-0.15, -0.1) is 0 Å². The van der Waals surface area contributed by atoms with E-state index in [1.165, 1.54) is 6.42 Å². The number of alkyl halides is 1. The third-order valence-corrected chi connectivity index (χ3v) is 2.70. The smallest absolute Gasteiger partial charge is 0.222 e. The van der Waals surface area contributed by atoms with Gasteiger partial charge in [-0.25, -0.2) is 0 Å². The lowest BCUT2D eigenvalue weighted by Gasteiger charge is -2.18. The summed E-state index contributed by atoms with van der Waals surface area (Å²) in [5, 5.41) is 1.05. The van der Waals surface area contributed by atoms with Crippen LogP contribution in [0.4, 0.5) is 0 Å². The number of halogens is 1. The lowest BCUT2D eigenvalue weighted by molar-refractivity contribution is -0.130. The van der Waals surface area contributed by atoms with Crippen LogP contribution >= 0.6 is 15.9 Å². The van der Waals surface area contributed by atoms with E-state index in [0.717, 1.165) is 31.3 Å². The first kappa shape index (κ1) is 12.9. The topological polar surface area (TPSA) is 20.3 Å². The number of amides is 1. The Bertz CT molecular complexity index is 135. The fourth-order valence-electron chi connectivity index (χ4n) is 1.28. The standard InChI is InChI=1S/C10H20BrNO/c1-3-12(4-2)10(13)8-6-5-7-9-11/h3-9H2,1-2H3. The summed E-state index contributed by atoms with van der Waals surface area (Å²) in [6.07, 6.45) is 4.07. The predicted octanol–water partition coefficient (Wildman–Crippen LogP) is 2.81. The van der Waals surface area contributed by atoms with Gasteiger partial charge in [-0.2, -0.15) is 0 Å². The highest BCUT2D eigenvalue weighted by molar-refractivity contribution is 9.09.